The van der Waals surface area contributed by atoms with Crippen LogP contribution in [0.2, 0.25) is 0 Å². The lowest BCUT2D eigenvalue weighted by atomic mass is 10.4. The van der Waals surface area contributed by atoms with Crippen LogP contribution in [0.15, 0.2) is 12.4 Å². The van der Waals surface area contributed by atoms with Gasteiger partial charge in [0.1, 0.15) is 0 Å². The molecule has 2 heterocycles. The van der Waals surface area contributed by atoms with E-state index in [4.69, 9.17) is 0 Å². The summed E-state index contributed by atoms with van der Waals surface area (Å²) in [5.41, 5.74) is 0.540. The first kappa shape index (κ1) is 7.91. The number of aldehydes is 1. The number of rotatable bonds is 2. The number of fused-ring (bicyclic) bond motifs is 1. The number of anilines is 1. The highest BCUT2D eigenvalue weighted by molar-refractivity contribution is 5.73. The van der Waals surface area contributed by atoms with E-state index in [0.29, 0.717) is 5.56 Å². The molecule has 0 N–H and O–H groups in total. The maximum absolute atomic E-state index is 10.4. The summed E-state index contributed by atoms with van der Waals surface area (Å²) in [5, 5.41) is 0. The van der Waals surface area contributed by atoms with Gasteiger partial charge in [-0.1, -0.05) is 0 Å². The van der Waals surface area contributed by atoms with E-state index in [0.717, 1.165) is 37.2 Å². The van der Waals surface area contributed by atoms with Gasteiger partial charge in [-0.3, -0.25) is 4.79 Å². The molecule has 1 aliphatic carbocycles. The number of hydrogen-bond acceptors (Lipinski definition) is 4. The Morgan fingerprint density at radius 3 is 2.50 bits per heavy atom. The van der Waals surface area contributed by atoms with Gasteiger partial charge in [0.2, 0.25) is 5.95 Å². The second kappa shape index (κ2) is 2.77. The van der Waals surface area contributed by atoms with Crippen LogP contribution in [0.1, 0.15) is 16.8 Å². The van der Waals surface area contributed by atoms with Gasteiger partial charge in [-0.2, -0.15) is 0 Å². The van der Waals surface area contributed by atoms with Crippen LogP contribution in [-0.2, 0) is 0 Å². The van der Waals surface area contributed by atoms with Crippen molar-refractivity contribution in [2.45, 2.75) is 6.42 Å². The van der Waals surface area contributed by atoms with Crippen LogP contribution in [-0.4, -0.2) is 29.3 Å². The summed E-state index contributed by atoms with van der Waals surface area (Å²) in [6.45, 7) is 2.18. The largest absolute Gasteiger partial charge is 0.340 e. The Labute approximate surface area is 82.0 Å². The molecule has 4 nitrogen and oxygen atoms in total. The SMILES string of the molecule is O=Cc1cnc(N2CC3CC3C2)nc1. The van der Waals surface area contributed by atoms with Crippen molar-refractivity contribution in [3.8, 4) is 0 Å². The van der Waals surface area contributed by atoms with E-state index < -0.39 is 0 Å². The van der Waals surface area contributed by atoms with Crippen molar-refractivity contribution in [3.63, 3.8) is 0 Å². The van der Waals surface area contributed by atoms with E-state index in [1.165, 1.54) is 6.42 Å². The Bertz CT molecular complexity index is 352. The van der Waals surface area contributed by atoms with Gasteiger partial charge in [0, 0.05) is 25.5 Å². The van der Waals surface area contributed by atoms with Gasteiger partial charge < -0.3 is 4.90 Å². The molecule has 0 radical (unpaired) electrons. The Morgan fingerprint density at radius 2 is 1.93 bits per heavy atom. The quantitative estimate of drug-likeness (QED) is 0.644. The fourth-order valence-electron chi connectivity index (χ4n) is 2.12. The lowest BCUT2D eigenvalue weighted by Crippen LogP contribution is -2.23. The van der Waals surface area contributed by atoms with E-state index >= 15 is 0 Å². The van der Waals surface area contributed by atoms with Crippen molar-refractivity contribution in [1.29, 1.82) is 0 Å². The van der Waals surface area contributed by atoms with Crippen LogP contribution in [0.3, 0.4) is 0 Å². The minimum Gasteiger partial charge on any atom is -0.340 e. The van der Waals surface area contributed by atoms with Crippen LogP contribution < -0.4 is 4.90 Å². The lowest BCUT2D eigenvalue weighted by Gasteiger charge is -2.16. The zero-order chi connectivity index (χ0) is 9.54. The number of piperidine rings is 1. The van der Waals surface area contributed by atoms with Crippen LogP contribution in [0.5, 0.6) is 0 Å². The standard InChI is InChI=1S/C10H11N3O/c14-6-7-2-11-10(12-3-7)13-4-8-1-9(8)5-13/h2-3,6,8-9H,1,4-5H2. The van der Waals surface area contributed by atoms with Crippen molar-refractivity contribution in [3.05, 3.63) is 18.0 Å². The van der Waals surface area contributed by atoms with E-state index in [-0.39, 0.29) is 0 Å². The summed E-state index contributed by atoms with van der Waals surface area (Å²) in [5.74, 6) is 2.52. The number of hydrogen-bond donors (Lipinski definition) is 0. The van der Waals surface area contributed by atoms with Crippen molar-refractivity contribution in [2.24, 2.45) is 11.8 Å². The van der Waals surface area contributed by atoms with Crippen molar-refractivity contribution < 1.29 is 4.79 Å². The topological polar surface area (TPSA) is 46.1 Å². The fraction of sp³-hybridized carbons (Fsp3) is 0.500. The van der Waals surface area contributed by atoms with Gasteiger partial charge in [-0.25, -0.2) is 9.97 Å². The summed E-state index contributed by atoms with van der Waals surface area (Å²) >= 11 is 0. The van der Waals surface area contributed by atoms with Gasteiger partial charge >= 0.3 is 0 Å². The molecule has 4 heteroatoms. The molecule has 0 amide bonds. The highest BCUT2D eigenvalue weighted by Crippen LogP contribution is 2.45. The molecule has 2 fully saturated rings. The molecule has 3 rings (SSSR count). The first-order valence-electron chi connectivity index (χ1n) is 4.89. The molecule has 1 saturated carbocycles. The molecule has 2 unspecified atom stereocenters. The van der Waals surface area contributed by atoms with Gasteiger partial charge in [0.05, 0.1) is 5.56 Å². The van der Waals surface area contributed by atoms with E-state index in [1.54, 1.807) is 12.4 Å². The molecule has 0 spiro atoms. The average molecular weight is 189 g/mol. The Balaban J connectivity index is 1.79. The molecule has 2 aliphatic rings. The molecule has 14 heavy (non-hydrogen) atoms. The highest BCUT2D eigenvalue weighted by Gasteiger charge is 2.45. The summed E-state index contributed by atoms with van der Waals surface area (Å²) in [6, 6.07) is 0. The maximum Gasteiger partial charge on any atom is 0.225 e. The van der Waals surface area contributed by atoms with Gasteiger partial charge in [0.15, 0.2) is 6.29 Å². The Morgan fingerprint density at radius 1 is 1.29 bits per heavy atom. The molecule has 0 aromatic carbocycles. The molecule has 1 aromatic heterocycles. The third-order valence-electron chi connectivity index (χ3n) is 3.06. The van der Waals surface area contributed by atoms with E-state index in [1.807, 2.05) is 0 Å². The molecule has 72 valence electrons. The predicted molar refractivity (Wildman–Crippen MR) is 51.2 cm³/mol. The fourth-order valence-corrected chi connectivity index (χ4v) is 2.12. The Kier molecular flexibility index (Phi) is 1.56. The smallest absolute Gasteiger partial charge is 0.225 e. The molecule has 1 saturated heterocycles. The zero-order valence-corrected chi connectivity index (χ0v) is 7.76. The second-order valence-corrected chi connectivity index (χ2v) is 4.10. The van der Waals surface area contributed by atoms with Gasteiger partial charge in [-0.05, 0) is 18.3 Å². The van der Waals surface area contributed by atoms with Crippen molar-refractivity contribution in [1.82, 2.24) is 9.97 Å². The van der Waals surface area contributed by atoms with Gasteiger partial charge in [-0.15, -0.1) is 0 Å². The van der Waals surface area contributed by atoms with Gasteiger partial charge in [0.25, 0.3) is 0 Å². The monoisotopic (exact) mass is 189 g/mol. The minimum absolute atomic E-state index is 0.540. The molecule has 1 aliphatic heterocycles. The number of carbonyl (C=O) groups is 1. The summed E-state index contributed by atoms with van der Waals surface area (Å²) < 4.78 is 0. The second-order valence-electron chi connectivity index (χ2n) is 4.10. The molecular formula is C10H11N3O. The molecule has 0 bridgehead atoms. The highest BCUT2D eigenvalue weighted by atomic mass is 16.1. The van der Waals surface area contributed by atoms with Crippen LogP contribution >= 0.6 is 0 Å². The number of carbonyl (C=O) groups excluding carboxylic acids is 1. The summed E-state index contributed by atoms with van der Waals surface area (Å²) in [6.07, 6.45) is 5.31. The summed E-state index contributed by atoms with van der Waals surface area (Å²) in [7, 11) is 0. The van der Waals surface area contributed by atoms with Crippen LogP contribution in [0.25, 0.3) is 0 Å². The first-order chi connectivity index (χ1) is 6.86. The molecule has 2 atom stereocenters. The average Bonchev–Trinajstić information content (AvgIpc) is 2.86. The van der Waals surface area contributed by atoms with E-state index in [2.05, 4.69) is 14.9 Å². The Hall–Kier alpha value is -1.45. The maximum atomic E-state index is 10.4. The zero-order valence-electron chi connectivity index (χ0n) is 7.76. The van der Waals surface area contributed by atoms with Crippen molar-refractivity contribution >= 4 is 12.2 Å². The number of nitrogens with zero attached hydrogens (tertiary/aromatic N) is 3. The van der Waals surface area contributed by atoms with Crippen LogP contribution in [0, 0.1) is 11.8 Å². The lowest BCUT2D eigenvalue weighted by molar-refractivity contribution is 0.112. The number of aromatic nitrogens is 2. The normalized spacial score (nSPS) is 28.7. The van der Waals surface area contributed by atoms with Crippen LogP contribution in [0.4, 0.5) is 5.95 Å². The molecular weight excluding hydrogens is 178 g/mol. The minimum atomic E-state index is 0.540. The third-order valence-corrected chi connectivity index (χ3v) is 3.06. The molecule has 1 aromatic rings. The van der Waals surface area contributed by atoms with Crippen molar-refractivity contribution in [2.75, 3.05) is 18.0 Å². The first-order valence-corrected chi connectivity index (χ1v) is 4.89. The third kappa shape index (κ3) is 1.18. The predicted octanol–water partition coefficient (Wildman–Crippen LogP) is 0.745. The van der Waals surface area contributed by atoms with E-state index in [9.17, 15) is 4.79 Å². The summed E-state index contributed by atoms with van der Waals surface area (Å²) in [4.78, 5) is 20.9.